The zero-order valence-electron chi connectivity index (χ0n) is 10.3. The average molecular weight is 271 g/mol. The van der Waals surface area contributed by atoms with Crippen LogP contribution in [0.4, 0.5) is 0 Å². The molecule has 4 heteroatoms. The Bertz CT molecular complexity index is 492. The van der Waals surface area contributed by atoms with Crippen molar-refractivity contribution in [3.8, 4) is 11.2 Å². The first kappa shape index (κ1) is 14.0. The van der Waals surface area contributed by atoms with Crippen LogP contribution in [0, 0.1) is 11.2 Å². The van der Waals surface area contributed by atoms with Gasteiger partial charge in [0.2, 0.25) is 0 Å². The lowest BCUT2D eigenvalue weighted by atomic mass is 10.1. The van der Waals surface area contributed by atoms with E-state index in [2.05, 4.69) is 29.9 Å². The summed E-state index contributed by atoms with van der Waals surface area (Å²) >= 11 is 5.86. The molecule has 0 radical (unpaired) electrons. The molecule has 0 amide bonds. The van der Waals surface area contributed by atoms with E-state index in [1.165, 1.54) is 7.11 Å². The average Bonchev–Trinajstić information content (AvgIpc) is 2.25. The highest BCUT2D eigenvalue weighted by Crippen LogP contribution is 2.32. The number of hydrogen-bond donors (Lipinski definition) is 0. The molecule has 17 heavy (non-hydrogen) atoms. The number of rotatable bonds is 1. The van der Waals surface area contributed by atoms with Gasteiger partial charge in [-0.05, 0) is 42.2 Å². The van der Waals surface area contributed by atoms with Gasteiger partial charge in [-0.25, -0.2) is 4.79 Å². The highest BCUT2D eigenvalue weighted by atomic mass is 35.5. The molecular formula is C13H15ClO2S. The van der Waals surface area contributed by atoms with Crippen molar-refractivity contribution in [3.63, 3.8) is 0 Å². The van der Waals surface area contributed by atoms with Gasteiger partial charge in [-0.2, -0.15) is 10.0 Å². The zero-order chi connectivity index (χ0) is 13.1. The molecule has 0 saturated heterocycles. The Morgan fingerprint density at radius 1 is 1.35 bits per heavy atom. The SMILES string of the molecule is COC(=O)c1cc(Cl)ccc1C#CS(C)(C)C. The number of esters is 1. The molecule has 2 nitrogen and oxygen atoms in total. The van der Waals surface area contributed by atoms with Gasteiger partial charge < -0.3 is 4.74 Å². The monoisotopic (exact) mass is 270 g/mol. The highest BCUT2D eigenvalue weighted by molar-refractivity contribution is 8.35. The molecule has 1 rings (SSSR count). The van der Waals surface area contributed by atoms with E-state index in [-0.39, 0.29) is 0 Å². The van der Waals surface area contributed by atoms with Gasteiger partial charge in [-0.3, -0.25) is 0 Å². The quantitative estimate of drug-likeness (QED) is 0.579. The van der Waals surface area contributed by atoms with Crippen LogP contribution in [0.25, 0.3) is 0 Å². The third-order valence-electron chi connectivity index (χ3n) is 1.88. The van der Waals surface area contributed by atoms with Gasteiger partial charge in [0.1, 0.15) is 0 Å². The number of carbonyl (C=O) groups excluding carboxylic acids is 1. The lowest BCUT2D eigenvalue weighted by molar-refractivity contribution is 0.0600. The molecule has 0 aliphatic carbocycles. The Labute approximate surface area is 109 Å². The van der Waals surface area contributed by atoms with E-state index in [4.69, 9.17) is 16.3 Å². The Morgan fingerprint density at radius 2 is 2.00 bits per heavy atom. The Hall–Kier alpha value is -1.11. The summed E-state index contributed by atoms with van der Waals surface area (Å²) in [6, 6.07) is 5.04. The third-order valence-corrected chi connectivity index (χ3v) is 2.83. The molecule has 0 aliphatic rings. The molecule has 0 aromatic heterocycles. The van der Waals surface area contributed by atoms with Crippen molar-refractivity contribution in [1.82, 2.24) is 0 Å². The van der Waals surface area contributed by atoms with Crippen molar-refractivity contribution >= 4 is 27.6 Å². The summed E-state index contributed by atoms with van der Waals surface area (Å²) in [5, 5.41) is 3.66. The molecule has 0 heterocycles. The van der Waals surface area contributed by atoms with Gasteiger partial charge in [-0.15, -0.1) is 0 Å². The second kappa shape index (κ2) is 5.48. The van der Waals surface area contributed by atoms with Crippen molar-refractivity contribution < 1.29 is 9.53 Å². The maximum absolute atomic E-state index is 11.6. The van der Waals surface area contributed by atoms with E-state index in [9.17, 15) is 4.79 Å². The van der Waals surface area contributed by atoms with Crippen LogP contribution in [0.1, 0.15) is 15.9 Å². The normalized spacial score (nSPS) is 11.4. The molecule has 1 aromatic carbocycles. The van der Waals surface area contributed by atoms with E-state index in [0.717, 1.165) is 0 Å². The van der Waals surface area contributed by atoms with Crippen molar-refractivity contribution in [2.75, 3.05) is 25.9 Å². The van der Waals surface area contributed by atoms with Gasteiger partial charge in [0.15, 0.2) is 0 Å². The largest absolute Gasteiger partial charge is 0.465 e. The summed E-state index contributed by atoms with van der Waals surface area (Å²) in [4.78, 5) is 11.6. The summed E-state index contributed by atoms with van der Waals surface area (Å²) in [5.41, 5.74) is 1.07. The van der Waals surface area contributed by atoms with Crippen LogP contribution in [0.5, 0.6) is 0 Å². The number of hydrogen-bond acceptors (Lipinski definition) is 2. The van der Waals surface area contributed by atoms with Crippen LogP contribution in [0.2, 0.25) is 5.02 Å². The maximum Gasteiger partial charge on any atom is 0.339 e. The molecular weight excluding hydrogens is 256 g/mol. The minimum atomic E-state index is -0.928. The van der Waals surface area contributed by atoms with Crippen molar-refractivity contribution in [1.29, 1.82) is 0 Å². The molecule has 0 fully saturated rings. The number of ether oxygens (including phenoxy) is 1. The van der Waals surface area contributed by atoms with Crippen LogP contribution in [0.15, 0.2) is 18.2 Å². The first-order valence-electron chi connectivity index (χ1n) is 4.92. The first-order valence-corrected chi connectivity index (χ1v) is 8.16. The standard InChI is InChI=1S/C13H15ClO2S/c1-16-13(15)12-9-11(14)6-5-10(12)7-8-17(2,3)4/h5-6,9H,1-4H3. The Kier molecular flexibility index (Phi) is 4.50. The van der Waals surface area contributed by atoms with Crippen LogP contribution in [0.3, 0.4) is 0 Å². The molecule has 0 spiro atoms. The Morgan fingerprint density at radius 3 is 2.53 bits per heavy atom. The molecule has 92 valence electrons. The molecule has 1 aromatic rings. The van der Waals surface area contributed by atoms with Gasteiger partial charge >= 0.3 is 5.97 Å². The highest BCUT2D eigenvalue weighted by Gasteiger charge is 2.11. The predicted octanol–water partition coefficient (Wildman–Crippen LogP) is 3.13. The fraction of sp³-hybridized carbons (Fsp3) is 0.308. The fourth-order valence-corrected chi connectivity index (χ4v) is 1.70. The lowest BCUT2D eigenvalue weighted by Gasteiger charge is -2.15. The van der Waals surface area contributed by atoms with Crippen molar-refractivity contribution in [3.05, 3.63) is 34.3 Å². The molecule has 0 unspecified atom stereocenters. The minimum Gasteiger partial charge on any atom is -0.465 e. The van der Waals surface area contributed by atoms with Crippen LogP contribution < -0.4 is 0 Å². The number of carbonyl (C=O) groups is 1. The second-order valence-corrected chi connectivity index (χ2v) is 8.56. The summed E-state index contributed by atoms with van der Waals surface area (Å²) in [6.45, 7) is 0. The molecule has 0 bridgehead atoms. The summed E-state index contributed by atoms with van der Waals surface area (Å²) in [6.07, 6.45) is 6.27. The predicted molar refractivity (Wildman–Crippen MR) is 75.0 cm³/mol. The van der Waals surface area contributed by atoms with E-state index in [1.54, 1.807) is 18.2 Å². The molecule has 0 atom stereocenters. The lowest BCUT2D eigenvalue weighted by Crippen LogP contribution is -2.04. The zero-order valence-corrected chi connectivity index (χ0v) is 11.9. The molecule has 0 N–H and O–H groups in total. The third kappa shape index (κ3) is 4.33. The van der Waals surface area contributed by atoms with Crippen LogP contribution in [-0.2, 0) is 4.74 Å². The number of methoxy groups -OCH3 is 1. The topological polar surface area (TPSA) is 26.3 Å². The van der Waals surface area contributed by atoms with Gasteiger partial charge in [0.25, 0.3) is 0 Å². The van der Waals surface area contributed by atoms with Gasteiger partial charge in [0.05, 0.1) is 12.7 Å². The van der Waals surface area contributed by atoms with E-state index < -0.39 is 16.0 Å². The van der Waals surface area contributed by atoms with Crippen molar-refractivity contribution in [2.24, 2.45) is 0 Å². The fourth-order valence-electron chi connectivity index (χ4n) is 1.11. The molecule has 0 saturated carbocycles. The Balaban J connectivity index is 3.23. The van der Waals surface area contributed by atoms with Gasteiger partial charge in [-0.1, -0.05) is 17.5 Å². The van der Waals surface area contributed by atoms with E-state index in [1.807, 2.05) is 0 Å². The summed E-state index contributed by atoms with van der Waals surface area (Å²) < 4.78 is 4.71. The maximum atomic E-state index is 11.6. The van der Waals surface area contributed by atoms with Crippen LogP contribution in [-0.4, -0.2) is 31.8 Å². The summed E-state index contributed by atoms with van der Waals surface area (Å²) in [7, 11) is 0.415. The number of benzene rings is 1. The van der Waals surface area contributed by atoms with Gasteiger partial charge in [0, 0.05) is 10.6 Å². The van der Waals surface area contributed by atoms with E-state index >= 15 is 0 Å². The van der Waals surface area contributed by atoms with E-state index in [0.29, 0.717) is 16.1 Å². The molecule has 0 aliphatic heterocycles. The van der Waals surface area contributed by atoms with Crippen LogP contribution >= 0.6 is 21.6 Å². The minimum absolute atomic E-state index is 0.413. The van der Waals surface area contributed by atoms with Crippen molar-refractivity contribution in [2.45, 2.75) is 0 Å². The second-order valence-electron chi connectivity index (χ2n) is 4.25. The number of halogens is 1. The summed E-state index contributed by atoms with van der Waals surface area (Å²) in [5.74, 6) is 2.61. The first-order chi connectivity index (χ1) is 7.83. The smallest absolute Gasteiger partial charge is 0.339 e.